The monoisotopic (exact) mass is 375 g/mol. The average molecular weight is 375 g/mol. The highest BCUT2D eigenvalue weighted by Gasteiger charge is 2.64. The number of piperidine rings is 1. The molecule has 1 amide bonds. The van der Waals surface area contributed by atoms with Crippen molar-refractivity contribution in [1.82, 2.24) is 14.7 Å². The molecule has 4 rings (SSSR count). The molecule has 8 heteroatoms. The first-order valence-corrected chi connectivity index (χ1v) is 9.72. The van der Waals surface area contributed by atoms with Crippen LogP contribution in [-0.2, 0) is 19.6 Å². The maximum Gasteiger partial charge on any atom is 0.498 e. The number of rotatable bonds is 2. The van der Waals surface area contributed by atoms with Crippen molar-refractivity contribution in [1.29, 1.82) is 0 Å². The first kappa shape index (κ1) is 18.8. The number of hydrogen-bond donors (Lipinski definition) is 0. The van der Waals surface area contributed by atoms with Crippen molar-refractivity contribution >= 4 is 18.7 Å². The van der Waals surface area contributed by atoms with Crippen molar-refractivity contribution < 1.29 is 18.8 Å². The third-order valence-corrected chi connectivity index (χ3v) is 6.34. The zero-order valence-electron chi connectivity index (χ0n) is 17.4. The zero-order chi connectivity index (χ0) is 19.8. The van der Waals surface area contributed by atoms with Gasteiger partial charge in [-0.2, -0.15) is 5.10 Å². The van der Waals surface area contributed by atoms with Gasteiger partial charge < -0.3 is 18.9 Å². The minimum Gasteiger partial charge on any atom is -0.444 e. The van der Waals surface area contributed by atoms with Gasteiger partial charge >= 0.3 is 13.2 Å². The summed E-state index contributed by atoms with van der Waals surface area (Å²) in [6.07, 6.45) is 4.63. The van der Waals surface area contributed by atoms with Gasteiger partial charge in [-0.3, -0.25) is 4.68 Å². The topological polar surface area (TPSA) is 65.8 Å². The van der Waals surface area contributed by atoms with Crippen LogP contribution in [0.5, 0.6) is 0 Å². The lowest BCUT2D eigenvalue weighted by Crippen LogP contribution is -2.41. The van der Waals surface area contributed by atoms with E-state index in [4.69, 9.17) is 14.0 Å². The molecule has 2 saturated heterocycles. The van der Waals surface area contributed by atoms with Crippen molar-refractivity contribution in [2.24, 2.45) is 5.92 Å². The Morgan fingerprint density at radius 2 is 1.89 bits per heavy atom. The fraction of sp³-hybridized carbons (Fsp3) is 0.789. The van der Waals surface area contributed by atoms with E-state index >= 15 is 0 Å². The third-order valence-electron chi connectivity index (χ3n) is 6.34. The zero-order valence-corrected chi connectivity index (χ0v) is 17.4. The Labute approximate surface area is 161 Å². The second kappa shape index (κ2) is 5.51. The van der Waals surface area contributed by atoms with Gasteiger partial charge in [0, 0.05) is 36.9 Å². The molecule has 1 saturated carbocycles. The molecule has 0 spiro atoms. The Hall–Kier alpha value is -1.54. The van der Waals surface area contributed by atoms with Crippen LogP contribution in [0.15, 0.2) is 12.4 Å². The van der Waals surface area contributed by atoms with Crippen LogP contribution in [0.2, 0.25) is 0 Å². The van der Waals surface area contributed by atoms with Crippen LogP contribution in [-0.4, -0.2) is 57.8 Å². The number of nitrogens with zero attached hydrogens (tertiary/aromatic N) is 3. The normalized spacial score (nSPS) is 31.1. The van der Waals surface area contributed by atoms with E-state index in [2.05, 4.69) is 5.10 Å². The summed E-state index contributed by atoms with van der Waals surface area (Å²) in [4.78, 5) is 14.2. The third kappa shape index (κ3) is 3.07. The summed E-state index contributed by atoms with van der Waals surface area (Å²) < 4.78 is 19.8. The predicted octanol–water partition coefficient (Wildman–Crippen LogP) is 2.15. The second-order valence-electron chi connectivity index (χ2n) is 10.2. The van der Waals surface area contributed by atoms with E-state index in [9.17, 15) is 4.79 Å². The SMILES string of the molecule is CC(C)(C)OC(=O)N1CC2CC2(n2cc(B3OC(C)(C)C(C)(C)O3)cn2)C1. The number of carbonyl (C=O) groups is 1. The van der Waals surface area contributed by atoms with Gasteiger partial charge in [-0.05, 0) is 54.9 Å². The van der Waals surface area contributed by atoms with Crippen molar-refractivity contribution in [3.05, 3.63) is 12.4 Å². The van der Waals surface area contributed by atoms with Crippen molar-refractivity contribution in [3.8, 4) is 0 Å². The Balaban J connectivity index is 1.47. The number of aromatic nitrogens is 2. The van der Waals surface area contributed by atoms with E-state index in [1.165, 1.54) is 0 Å². The molecule has 1 aromatic heterocycles. The summed E-state index contributed by atoms with van der Waals surface area (Å²) in [5, 5.41) is 4.60. The minimum atomic E-state index is -0.480. The van der Waals surface area contributed by atoms with E-state index in [1.807, 2.05) is 65.5 Å². The van der Waals surface area contributed by atoms with Gasteiger partial charge in [-0.25, -0.2) is 4.79 Å². The van der Waals surface area contributed by atoms with Crippen molar-refractivity contribution in [2.75, 3.05) is 13.1 Å². The van der Waals surface area contributed by atoms with E-state index in [0.29, 0.717) is 12.5 Å². The molecule has 0 aromatic carbocycles. The summed E-state index contributed by atoms with van der Waals surface area (Å²) in [5.74, 6) is 0.427. The van der Waals surface area contributed by atoms with Gasteiger partial charge in [-0.15, -0.1) is 0 Å². The Kier molecular flexibility index (Phi) is 3.84. The molecule has 2 aliphatic heterocycles. The average Bonchev–Trinajstić information content (AvgIpc) is 2.89. The summed E-state index contributed by atoms with van der Waals surface area (Å²) in [6, 6.07) is 0. The van der Waals surface area contributed by atoms with Gasteiger partial charge in [0.15, 0.2) is 0 Å². The summed E-state index contributed by atoms with van der Waals surface area (Å²) in [6.45, 7) is 15.2. The number of amides is 1. The van der Waals surface area contributed by atoms with E-state index < -0.39 is 12.7 Å². The molecule has 2 atom stereocenters. The smallest absolute Gasteiger partial charge is 0.444 e. The molecule has 2 unspecified atom stereocenters. The highest BCUT2D eigenvalue weighted by Crippen LogP contribution is 2.55. The van der Waals surface area contributed by atoms with Crippen LogP contribution in [0.4, 0.5) is 4.79 Å². The lowest BCUT2D eigenvalue weighted by atomic mass is 9.82. The first-order valence-electron chi connectivity index (χ1n) is 9.72. The van der Waals surface area contributed by atoms with Crippen LogP contribution in [0.1, 0.15) is 54.9 Å². The maximum atomic E-state index is 12.4. The lowest BCUT2D eigenvalue weighted by Gasteiger charge is -2.32. The van der Waals surface area contributed by atoms with Crippen molar-refractivity contribution in [2.45, 2.75) is 77.2 Å². The summed E-state index contributed by atoms with van der Waals surface area (Å²) >= 11 is 0. The predicted molar refractivity (Wildman–Crippen MR) is 102 cm³/mol. The fourth-order valence-electron chi connectivity index (χ4n) is 3.96. The number of ether oxygens (including phenoxy) is 1. The van der Waals surface area contributed by atoms with Crippen LogP contribution < -0.4 is 5.46 Å². The number of carbonyl (C=O) groups excluding carboxylic acids is 1. The molecule has 0 N–H and O–H groups in total. The number of hydrogen-bond acceptors (Lipinski definition) is 5. The highest BCUT2D eigenvalue weighted by molar-refractivity contribution is 6.62. The molecule has 3 aliphatic rings. The molecule has 3 heterocycles. The molecule has 1 aromatic rings. The van der Waals surface area contributed by atoms with Gasteiger partial charge in [0.2, 0.25) is 0 Å². The molecule has 0 bridgehead atoms. The number of likely N-dealkylation sites (tertiary alicyclic amines) is 1. The molecule has 3 fully saturated rings. The quantitative estimate of drug-likeness (QED) is 0.742. The molecule has 1 aliphatic carbocycles. The molecule has 148 valence electrons. The fourth-order valence-corrected chi connectivity index (χ4v) is 3.96. The summed E-state index contributed by atoms with van der Waals surface area (Å²) in [5.41, 5.74) is -0.419. The van der Waals surface area contributed by atoms with Gasteiger partial charge in [0.1, 0.15) is 5.60 Å². The Morgan fingerprint density at radius 3 is 2.48 bits per heavy atom. The van der Waals surface area contributed by atoms with Crippen LogP contribution >= 0.6 is 0 Å². The summed E-state index contributed by atoms with van der Waals surface area (Å²) in [7, 11) is -0.416. The first-order chi connectivity index (χ1) is 12.3. The number of fused-ring (bicyclic) bond motifs is 1. The maximum absolute atomic E-state index is 12.4. The highest BCUT2D eigenvalue weighted by atomic mass is 16.7. The van der Waals surface area contributed by atoms with Gasteiger partial charge in [-0.1, -0.05) is 0 Å². The molecule has 0 radical (unpaired) electrons. The molecular weight excluding hydrogens is 345 g/mol. The van der Waals surface area contributed by atoms with Gasteiger partial charge in [0.25, 0.3) is 0 Å². The van der Waals surface area contributed by atoms with Gasteiger partial charge in [0.05, 0.1) is 16.7 Å². The second-order valence-corrected chi connectivity index (χ2v) is 10.2. The van der Waals surface area contributed by atoms with Crippen LogP contribution in [0.3, 0.4) is 0 Å². The standard InChI is InChI=1S/C19H30BN3O4/c1-16(2,3)25-15(24)22-10-13-8-19(13,12-22)23-11-14(9-21-23)20-26-17(4,5)18(6,7)27-20/h9,11,13H,8,10,12H2,1-7H3. The van der Waals surface area contributed by atoms with E-state index in [0.717, 1.165) is 18.4 Å². The molecular formula is C19H30BN3O4. The van der Waals surface area contributed by atoms with Crippen molar-refractivity contribution in [3.63, 3.8) is 0 Å². The van der Waals surface area contributed by atoms with Crippen LogP contribution in [0.25, 0.3) is 0 Å². The van der Waals surface area contributed by atoms with Crippen LogP contribution in [0, 0.1) is 5.92 Å². The Morgan fingerprint density at radius 1 is 1.26 bits per heavy atom. The van der Waals surface area contributed by atoms with E-state index in [1.54, 1.807) is 4.90 Å². The molecule has 27 heavy (non-hydrogen) atoms. The van der Waals surface area contributed by atoms with E-state index in [-0.39, 0.29) is 22.8 Å². The molecule has 7 nitrogen and oxygen atoms in total. The minimum absolute atomic E-state index is 0.112. The largest absolute Gasteiger partial charge is 0.498 e. The Bertz CT molecular complexity index is 753. The lowest BCUT2D eigenvalue weighted by molar-refractivity contribution is 0.00578.